The van der Waals surface area contributed by atoms with Crippen LogP contribution in [0.3, 0.4) is 0 Å². The van der Waals surface area contributed by atoms with Crippen LogP contribution >= 0.6 is 22.9 Å². The van der Waals surface area contributed by atoms with E-state index in [1.165, 1.54) is 9.80 Å². The lowest BCUT2D eigenvalue weighted by Crippen LogP contribution is -2.49. The molecule has 1 saturated carbocycles. The summed E-state index contributed by atoms with van der Waals surface area (Å²) in [6.45, 7) is 6.39. The van der Waals surface area contributed by atoms with Crippen molar-refractivity contribution >= 4 is 62.5 Å². The summed E-state index contributed by atoms with van der Waals surface area (Å²) >= 11 is 7.90. The van der Waals surface area contributed by atoms with Crippen LogP contribution in [0.2, 0.25) is 5.02 Å². The number of imide groups is 2. The summed E-state index contributed by atoms with van der Waals surface area (Å²) in [7, 11) is 1.72. The van der Waals surface area contributed by atoms with Gasteiger partial charge in [-0.3, -0.25) is 28.8 Å². The van der Waals surface area contributed by atoms with Crippen molar-refractivity contribution in [3.63, 3.8) is 0 Å². The largest absolute Gasteiger partial charge is 0.508 e. The third kappa shape index (κ3) is 5.38. The highest BCUT2D eigenvalue weighted by Crippen LogP contribution is 2.64. The van der Waals surface area contributed by atoms with Crippen molar-refractivity contribution in [2.75, 3.05) is 11.4 Å². The Hall–Kier alpha value is -5.26. The SMILES string of the molecule is CCCN1C(=O)C2CC=C3C(CC4C(=O)N(c5cc(-c6sc7ccc(Cl)cc7c6C)nn5C)C(=O)C4(C)C3c3ccc(OCc4ccccc4)cc3O)C2C1=O. The number of aromatic hydroxyl groups is 1. The van der Waals surface area contributed by atoms with Crippen LogP contribution in [0.5, 0.6) is 11.5 Å². The molecule has 2 aliphatic heterocycles. The summed E-state index contributed by atoms with van der Waals surface area (Å²) in [4.78, 5) is 61.3. The molecule has 286 valence electrons. The van der Waals surface area contributed by atoms with Gasteiger partial charge in [-0.1, -0.05) is 66.6 Å². The highest BCUT2D eigenvalue weighted by Gasteiger charge is 2.68. The van der Waals surface area contributed by atoms with Crippen LogP contribution < -0.4 is 9.64 Å². The second-order valence-corrected chi connectivity index (χ2v) is 17.2. The van der Waals surface area contributed by atoms with Gasteiger partial charge in [0.05, 0.1) is 28.0 Å². The number of aryl methyl sites for hydroxylation is 2. The number of nitrogens with zero attached hydrogens (tertiary/aromatic N) is 4. The molecule has 4 heterocycles. The van der Waals surface area contributed by atoms with Crippen LogP contribution in [0.15, 0.2) is 84.4 Å². The Bertz CT molecular complexity index is 2510. The van der Waals surface area contributed by atoms with Gasteiger partial charge in [-0.15, -0.1) is 11.3 Å². The van der Waals surface area contributed by atoms with E-state index in [0.717, 1.165) is 31.7 Å². The number of amides is 4. The fourth-order valence-corrected chi connectivity index (χ4v) is 11.2. The number of likely N-dealkylation sites (tertiary alicyclic amines) is 1. The molecule has 2 aliphatic carbocycles. The first kappa shape index (κ1) is 36.4. The zero-order valence-corrected chi connectivity index (χ0v) is 33.1. The van der Waals surface area contributed by atoms with Crippen molar-refractivity contribution in [1.82, 2.24) is 14.7 Å². The molecule has 0 spiro atoms. The maximum absolute atomic E-state index is 15.2. The molecular weight excluding hydrogens is 748 g/mol. The van der Waals surface area contributed by atoms with E-state index >= 15 is 4.79 Å². The Morgan fingerprint density at radius 2 is 1.77 bits per heavy atom. The zero-order chi connectivity index (χ0) is 39.2. The highest BCUT2D eigenvalue weighted by molar-refractivity contribution is 7.22. The third-order valence-electron chi connectivity index (χ3n) is 12.6. The predicted molar refractivity (Wildman–Crippen MR) is 214 cm³/mol. The number of halogens is 1. The number of hydrogen-bond acceptors (Lipinski definition) is 8. The molecule has 9 rings (SSSR count). The number of carbonyl (C=O) groups excluding carboxylic acids is 4. The monoisotopic (exact) mass is 788 g/mol. The van der Waals surface area contributed by atoms with Gasteiger partial charge in [-0.2, -0.15) is 5.10 Å². The highest BCUT2D eigenvalue weighted by atomic mass is 35.5. The summed E-state index contributed by atoms with van der Waals surface area (Å²) in [5.41, 5.74) is 2.54. The lowest BCUT2D eigenvalue weighted by molar-refractivity contribution is -0.140. The van der Waals surface area contributed by atoms with Crippen molar-refractivity contribution in [2.45, 2.75) is 52.6 Å². The number of allylic oxidation sites excluding steroid dienone is 2. The van der Waals surface area contributed by atoms with Crippen LogP contribution in [-0.4, -0.2) is 50.0 Å². The molecule has 6 atom stereocenters. The van der Waals surface area contributed by atoms with Gasteiger partial charge in [0.25, 0.3) is 0 Å². The molecule has 10 nitrogen and oxygen atoms in total. The molecule has 5 aromatic rings. The summed E-state index contributed by atoms with van der Waals surface area (Å²) in [6.07, 6.45) is 3.20. The Morgan fingerprint density at radius 3 is 2.52 bits per heavy atom. The van der Waals surface area contributed by atoms with Gasteiger partial charge in [0.15, 0.2) is 0 Å². The second kappa shape index (κ2) is 13.4. The molecule has 1 N–H and O–H groups in total. The minimum Gasteiger partial charge on any atom is -0.508 e. The van der Waals surface area contributed by atoms with Gasteiger partial charge >= 0.3 is 0 Å². The van der Waals surface area contributed by atoms with Gasteiger partial charge in [0.2, 0.25) is 23.6 Å². The van der Waals surface area contributed by atoms with Gasteiger partial charge < -0.3 is 9.84 Å². The molecule has 4 aliphatic rings. The smallest absolute Gasteiger partial charge is 0.242 e. The number of benzene rings is 3. The van der Waals surface area contributed by atoms with Gasteiger partial charge in [-0.25, -0.2) is 4.90 Å². The van der Waals surface area contributed by atoms with Gasteiger partial charge in [0, 0.05) is 46.9 Å². The van der Waals surface area contributed by atoms with E-state index < -0.39 is 40.9 Å². The molecular formula is C44H41ClN4O6S. The van der Waals surface area contributed by atoms with E-state index in [9.17, 15) is 19.5 Å². The molecule has 4 amide bonds. The number of fused-ring (bicyclic) bond motifs is 5. The zero-order valence-electron chi connectivity index (χ0n) is 31.5. The fraction of sp³-hybridized carbons (Fsp3) is 0.341. The van der Waals surface area contributed by atoms with Gasteiger partial charge in [-0.05, 0) is 79.8 Å². The van der Waals surface area contributed by atoms with Crippen LogP contribution in [-0.2, 0) is 32.8 Å². The predicted octanol–water partition coefficient (Wildman–Crippen LogP) is 8.19. The maximum Gasteiger partial charge on any atom is 0.242 e. The van der Waals surface area contributed by atoms with E-state index in [0.29, 0.717) is 53.8 Å². The normalized spacial score (nSPS) is 25.8. The average Bonchev–Trinajstić information content (AvgIpc) is 3.85. The number of aromatic nitrogens is 2. The topological polar surface area (TPSA) is 122 Å². The lowest BCUT2D eigenvalue weighted by atomic mass is 9.51. The molecule has 12 heteroatoms. The first-order valence-electron chi connectivity index (χ1n) is 19.1. The molecule has 6 unspecified atom stereocenters. The van der Waals surface area contributed by atoms with E-state index in [1.54, 1.807) is 47.3 Å². The van der Waals surface area contributed by atoms with Crippen LogP contribution in [0.25, 0.3) is 20.7 Å². The van der Waals surface area contributed by atoms with Crippen molar-refractivity contribution in [1.29, 1.82) is 0 Å². The number of anilines is 1. The molecule has 2 aromatic heterocycles. The van der Waals surface area contributed by atoms with Crippen molar-refractivity contribution < 1.29 is 29.0 Å². The molecule has 3 fully saturated rings. The molecule has 3 aromatic carbocycles. The maximum atomic E-state index is 15.2. The number of carbonyl (C=O) groups is 4. The quantitative estimate of drug-likeness (QED) is 0.124. The second-order valence-electron chi connectivity index (χ2n) is 15.7. The Balaban J connectivity index is 1.13. The van der Waals surface area contributed by atoms with Crippen molar-refractivity contribution in [3.8, 4) is 22.1 Å². The van der Waals surface area contributed by atoms with E-state index in [2.05, 4.69) is 0 Å². The fourth-order valence-electron chi connectivity index (χ4n) is 9.90. The number of phenolic OH excluding ortho intramolecular Hbond substituents is 1. The van der Waals surface area contributed by atoms with Crippen molar-refractivity contribution in [2.24, 2.45) is 36.1 Å². The number of phenols is 1. The number of thiophene rings is 1. The standard InChI is InChI=1S/C44H41ClN4O6S/c1-5-17-48-40(51)29-15-14-27-31(37(29)42(48)53)20-32-41(52)49(36-21-33(46-47(36)4)39-23(2)30-18-25(45)11-16-35(30)56-39)43(54)44(32,3)38(27)28-13-12-26(19-34(28)50)55-22-24-9-7-6-8-10-24/h6-14,16,18-19,21,29,31-32,37-38,50H,5,15,17,20,22H2,1-4H3. The summed E-state index contributed by atoms with van der Waals surface area (Å²) < 4.78 is 8.66. The van der Waals surface area contributed by atoms with E-state index in [4.69, 9.17) is 21.4 Å². The average molecular weight is 789 g/mol. The van der Waals surface area contributed by atoms with Crippen LogP contribution in [0.4, 0.5) is 5.82 Å². The summed E-state index contributed by atoms with van der Waals surface area (Å²) in [5, 5.41) is 18.3. The number of ether oxygens (including phenoxy) is 1. The third-order valence-corrected chi connectivity index (χ3v) is 14.1. The Labute approximate surface area is 333 Å². The lowest BCUT2D eigenvalue weighted by Gasteiger charge is -2.49. The van der Waals surface area contributed by atoms with Crippen molar-refractivity contribution in [3.05, 3.63) is 106 Å². The van der Waals surface area contributed by atoms with Crippen LogP contribution in [0, 0.1) is 36.0 Å². The minimum absolute atomic E-state index is 0.0764. The van der Waals surface area contributed by atoms with Gasteiger partial charge in [0.1, 0.15) is 29.6 Å². The molecule has 56 heavy (non-hydrogen) atoms. The van der Waals surface area contributed by atoms with E-state index in [-0.39, 0.29) is 29.9 Å². The molecule has 0 radical (unpaired) electrons. The number of hydrogen-bond donors (Lipinski definition) is 1. The van der Waals surface area contributed by atoms with Crippen LogP contribution in [0.1, 0.15) is 55.7 Å². The van der Waals surface area contributed by atoms with E-state index in [1.807, 2.05) is 75.4 Å². The number of rotatable bonds is 8. The first-order valence-corrected chi connectivity index (χ1v) is 20.3. The minimum atomic E-state index is -1.33. The summed E-state index contributed by atoms with van der Waals surface area (Å²) in [5.74, 6) is -3.75. The molecule has 2 saturated heterocycles. The first-order chi connectivity index (χ1) is 26.9. The molecule has 0 bridgehead atoms. The Kier molecular flexibility index (Phi) is 8.74. The summed E-state index contributed by atoms with van der Waals surface area (Å²) in [6, 6.07) is 22.3. The Morgan fingerprint density at radius 1 is 0.982 bits per heavy atom.